The molecule has 1 aliphatic rings. The zero-order valence-electron chi connectivity index (χ0n) is 14.7. The monoisotopic (exact) mass is 395 g/mol. The highest BCUT2D eigenvalue weighted by atomic mass is 32.2. The van der Waals surface area contributed by atoms with E-state index in [1.54, 1.807) is 11.9 Å². The fraction of sp³-hybridized carbons (Fsp3) is 0.150. The Bertz CT molecular complexity index is 973. The van der Waals surface area contributed by atoms with E-state index in [4.69, 9.17) is 0 Å². The smallest absolute Gasteiger partial charge is 0.268 e. The maximum absolute atomic E-state index is 12.8. The van der Waals surface area contributed by atoms with Crippen LogP contribution in [0.4, 0.5) is 5.82 Å². The van der Waals surface area contributed by atoms with Gasteiger partial charge in [0.1, 0.15) is 11.4 Å². The summed E-state index contributed by atoms with van der Waals surface area (Å²) in [5, 5.41) is 0. The molecule has 2 aromatic carbocycles. The van der Waals surface area contributed by atoms with Crippen molar-refractivity contribution in [3.05, 3.63) is 71.1 Å². The van der Waals surface area contributed by atoms with Gasteiger partial charge in [0, 0.05) is 11.9 Å². The van der Waals surface area contributed by atoms with E-state index >= 15 is 0 Å². The maximum atomic E-state index is 12.8. The quantitative estimate of drug-likeness (QED) is 0.672. The van der Waals surface area contributed by atoms with Crippen LogP contribution in [0.2, 0.25) is 0 Å². The molecule has 4 rings (SSSR count). The van der Waals surface area contributed by atoms with Crippen LogP contribution in [0.15, 0.2) is 69.9 Å². The van der Waals surface area contributed by atoms with Crippen LogP contribution in [0.1, 0.15) is 15.2 Å². The lowest BCUT2D eigenvalue weighted by molar-refractivity contribution is -0.119. The van der Waals surface area contributed by atoms with Gasteiger partial charge in [-0.1, -0.05) is 71.6 Å². The number of carbonyl (C=O) groups is 2. The van der Waals surface area contributed by atoms with Gasteiger partial charge >= 0.3 is 0 Å². The highest BCUT2D eigenvalue weighted by Crippen LogP contribution is 2.38. The minimum atomic E-state index is -0.161. The summed E-state index contributed by atoms with van der Waals surface area (Å²) in [6.45, 7) is 0.447. The first-order chi connectivity index (χ1) is 13.1. The molecular formula is C20H17N3O2S2. The fourth-order valence-electron chi connectivity index (χ4n) is 2.83. The van der Waals surface area contributed by atoms with Crippen molar-refractivity contribution in [2.24, 2.45) is 0 Å². The lowest BCUT2D eigenvalue weighted by Crippen LogP contribution is -2.37. The topological polar surface area (TPSA) is 53.5 Å². The Labute approximate surface area is 165 Å². The third-order valence-corrected chi connectivity index (χ3v) is 6.29. The Morgan fingerprint density at radius 3 is 2.41 bits per heavy atom. The number of anilines is 1. The van der Waals surface area contributed by atoms with Crippen LogP contribution in [0.3, 0.4) is 0 Å². The van der Waals surface area contributed by atoms with Crippen LogP contribution in [0.5, 0.6) is 0 Å². The fourth-order valence-corrected chi connectivity index (χ4v) is 4.96. The molecule has 2 heterocycles. The maximum Gasteiger partial charge on any atom is 0.268 e. The van der Waals surface area contributed by atoms with E-state index in [0.717, 1.165) is 14.8 Å². The van der Waals surface area contributed by atoms with Crippen molar-refractivity contribution in [3.8, 4) is 0 Å². The molecular weight excluding hydrogens is 378 g/mol. The lowest BCUT2D eigenvalue weighted by atomic mass is 10.2. The molecule has 1 aliphatic heterocycles. The van der Waals surface area contributed by atoms with E-state index < -0.39 is 0 Å². The number of carbonyl (C=O) groups excluding carboxylic acids is 2. The zero-order chi connectivity index (χ0) is 18.8. The van der Waals surface area contributed by atoms with Crippen molar-refractivity contribution in [2.75, 3.05) is 18.5 Å². The van der Waals surface area contributed by atoms with E-state index in [1.807, 2.05) is 60.7 Å². The molecule has 27 heavy (non-hydrogen) atoms. The Morgan fingerprint density at radius 1 is 1.04 bits per heavy atom. The third kappa shape index (κ3) is 3.74. The van der Waals surface area contributed by atoms with E-state index in [1.165, 1.54) is 28.0 Å². The van der Waals surface area contributed by atoms with Gasteiger partial charge in [0.05, 0.1) is 6.54 Å². The summed E-state index contributed by atoms with van der Waals surface area (Å²) < 4.78 is 0.751. The van der Waals surface area contributed by atoms with Gasteiger partial charge in [-0.15, -0.1) is 0 Å². The predicted octanol–water partition coefficient (Wildman–Crippen LogP) is 3.91. The average molecular weight is 396 g/mol. The molecule has 0 unspecified atom stereocenters. The van der Waals surface area contributed by atoms with E-state index in [0.29, 0.717) is 17.2 Å². The molecule has 3 aromatic rings. The summed E-state index contributed by atoms with van der Waals surface area (Å²) in [7, 11) is 1.65. The van der Waals surface area contributed by atoms with Crippen LogP contribution >= 0.6 is 23.1 Å². The predicted molar refractivity (Wildman–Crippen MR) is 107 cm³/mol. The summed E-state index contributed by atoms with van der Waals surface area (Å²) >= 11 is 2.84. The first-order valence-electron chi connectivity index (χ1n) is 8.45. The number of amides is 2. The number of nitrogens with zero attached hydrogens (tertiary/aromatic N) is 3. The van der Waals surface area contributed by atoms with Crippen molar-refractivity contribution < 1.29 is 9.59 Å². The van der Waals surface area contributed by atoms with E-state index in [2.05, 4.69) is 4.98 Å². The van der Waals surface area contributed by atoms with Gasteiger partial charge in [-0.3, -0.25) is 14.5 Å². The molecule has 136 valence electrons. The van der Waals surface area contributed by atoms with Crippen LogP contribution in [-0.4, -0.2) is 35.3 Å². The van der Waals surface area contributed by atoms with Crippen LogP contribution in [0, 0.1) is 0 Å². The van der Waals surface area contributed by atoms with Crippen LogP contribution < -0.4 is 4.90 Å². The summed E-state index contributed by atoms with van der Waals surface area (Å²) in [6, 6.07) is 19.6. The number of rotatable bonds is 4. The number of hydrogen-bond acceptors (Lipinski definition) is 5. The van der Waals surface area contributed by atoms with Crippen LogP contribution in [0.25, 0.3) is 0 Å². The molecule has 1 aromatic heterocycles. The number of aromatic nitrogens is 1. The molecule has 0 radical (unpaired) electrons. The first-order valence-corrected chi connectivity index (χ1v) is 10.1. The van der Waals surface area contributed by atoms with E-state index in [9.17, 15) is 9.59 Å². The second kappa shape index (κ2) is 7.54. The molecule has 2 amide bonds. The van der Waals surface area contributed by atoms with Gasteiger partial charge in [0.25, 0.3) is 5.91 Å². The number of benzene rings is 2. The van der Waals surface area contributed by atoms with Gasteiger partial charge in [-0.2, -0.15) is 0 Å². The van der Waals surface area contributed by atoms with Gasteiger partial charge in [0.15, 0.2) is 10.2 Å². The first kappa shape index (κ1) is 17.8. The SMILES string of the molecule is CN1CC(=O)N(Cc2ccccc2)c2nc(Sc3ccccc3)sc2C1=O. The molecule has 7 heteroatoms. The molecule has 0 N–H and O–H groups in total. The molecule has 0 fully saturated rings. The minimum Gasteiger partial charge on any atom is -0.332 e. The Morgan fingerprint density at radius 2 is 1.70 bits per heavy atom. The summed E-state index contributed by atoms with van der Waals surface area (Å²) in [6.07, 6.45) is 0. The Balaban J connectivity index is 1.72. The normalized spacial score (nSPS) is 14.3. The summed E-state index contributed by atoms with van der Waals surface area (Å²) in [5.41, 5.74) is 0.999. The van der Waals surface area contributed by atoms with Crippen molar-refractivity contribution in [3.63, 3.8) is 0 Å². The zero-order valence-corrected chi connectivity index (χ0v) is 16.3. The Hall–Kier alpha value is -2.64. The van der Waals surface area contributed by atoms with E-state index in [-0.39, 0.29) is 18.4 Å². The van der Waals surface area contributed by atoms with Crippen molar-refractivity contribution in [1.29, 1.82) is 0 Å². The highest BCUT2D eigenvalue weighted by molar-refractivity contribution is 8.01. The average Bonchev–Trinajstić information content (AvgIpc) is 3.07. The number of likely N-dealkylation sites (N-methyl/N-ethyl adjacent to an activating group) is 1. The van der Waals surface area contributed by atoms with Crippen molar-refractivity contribution in [1.82, 2.24) is 9.88 Å². The lowest BCUT2D eigenvalue weighted by Gasteiger charge is -2.20. The largest absolute Gasteiger partial charge is 0.332 e. The van der Waals surface area contributed by atoms with Gasteiger partial charge in [-0.05, 0) is 17.7 Å². The second-order valence-electron chi connectivity index (χ2n) is 6.17. The molecule has 5 nitrogen and oxygen atoms in total. The number of hydrogen-bond donors (Lipinski definition) is 0. The minimum absolute atomic E-state index is 0.0515. The van der Waals surface area contributed by atoms with Gasteiger partial charge in [-0.25, -0.2) is 4.98 Å². The van der Waals surface area contributed by atoms with Crippen molar-refractivity contribution in [2.45, 2.75) is 15.8 Å². The van der Waals surface area contributed by atoms with Crippen LogP contribution in [-0.2, 0) is 11.3 Å². The summed E-state index contributed by atoms with van der Waals surface area (Å²) in [4.78, 5) is 34.8. The molecule has 0 saturated carbocycles. The molecule has 0 aliphatic carbocycles. The summed E-state index contributed by atoms with van der Waals surface area (Å²) in [5.74, 6) is 0.169. The third-order valence-electron chi connectivity index (χ3n) is 4.19. The van der Waals surface area contributed by atoms with Gasteiger partial charge < -0.3 is 4.90 Å². The number of thiazole rings is 1. The number of fused-ring (bicyclic) bond motifs is 1. The molecule has 0 atom stereocenters. The second-order valence-corrected chi connectivity index (χ2v) is 8.49. The molecule has 0 spiro atoms. The highest BCUT2D eigenvalue weighted by Gasteiger charge is 2.33. The Kier molecular flexibility index (Phi) is 4.96. The standard InChI is InChI=1S/C20H17N3O2S2/c1-22-13-16(24)23(12-14-8-4-2-5-9-14)18-17(19(22)25)27-20(21-18)26-15-10-6-3-7-11-15/h2-11H,12-13H2,1H3. The molecule has 0 bridgehead atoms. The molecule has 0 saturated heterocycles. The van der Waals surface area contributed by atoms with Crippen molar-refractivity contribution >= 4 is 40.7 Å². The van der Waals surface area contributed by atoms with Gasteiger partial charge in [0.2, 0.25) is 5.91 Å².